The molecule has 0 atom stereocenters. The van der Waals surface area contributed by atoms with E-state index in [1.807, 2.05) is 37.4 Å². The number of amides is 3. The lowest BCUT2D eigenvalue weighted by molar-refractivity contribution is -0.123. The number of urea groups is 1. The third kappa shape index (κ3) is 3.55. The minimum Gasteiger partial charge on any atom is -0.323 e. The molecule has 1 aliphatic heterocycles. The summed E-state index contributed by atoms with van der Waals surface area (Å²) >= 11 is 1.37. The number of anilines is 2. The van der Waals surface area contributed by atoms with Gasteiger partial charge in [-0.15, -0.1) is 23.7 Å². The predicted octanol–water partition coefficient (Wildman–Crippen LogP) is 3.78. The number of fused-ring (bicyclic) bond motifs is 1. The highest BCUT2D eigenvalue weighted by atomic mass is 32.1. The van der Waals surface area contributed by atoms with Gasteiger partial charge in [0.15, 0.2) is 5.13 Å². The first-order valence-corrected chi connectivity index (χ1v) is 9.04. The van der Waals surface area contributed by atoms with Crippen molar-refractivity contribution in [1.82, 2.24) is 9.88 Å². The lowest BCUT2D eigenvalue weighted by Gasteiger charge is -2.26. The molecule has 2 heterocycles. The van der Waals surface area contributed by atoms with Crippen LogP contribution in [0.2, 0.25) is 0 Å². The Morgan fingerprint density at radius 2 is 2.27 bits per heavy atom. The van der Waals surface area contributed by atoms with Crippen LogP contribution in [-0.2, 0) is 11.3 Å². The van der Waals surface area contributed by atoms with Gasteiger partial charge in [-0.1, -0.05) is 19.9 Å². The van der Waals surface area contributed by atoms with Gasteiger partial charge in [0, 0.05) is 36.6 Å². The molecule has 0 unspecified atom stereocenters. The van der Waals surface area contributed by atoms with Crippen molar-refractivity contribution >= 4 is 34.1 Å². The molecule has 7 heteroatoms. The van der Waals surface area contributed by atoms with Crippen molar-refractivity contribution in [3.8, 4) is 23.6 Å². The number of nitrogens with zero attached hydrogens (tertiary/aromatic N) is 2. The van der Waals surface area contributed by atoms with Crippen LogP contribution in [0.25, 0.3) is 11.3 Å². The monoisotopic (exact) mass is 368 g/mol. The quantitative estimate of drug-likeness (QED) is 0.807. The summed E-state index contributed by atoms with van der Waals surface area (Å²) in [5.41, 5.74) is 2.92. The van der Waals surface area contributed by atoms with Crippen molar-refractivity contribution in [2.45, 2.75) is 26.8 Å². The molecule has 1 aromatic heterocycles. The van der Waals surface area contributed by atoms with E-state index in [9.17, 15) is 9.59 Å². The summed E-state index contributed by atoms with van der Waals surface area (Å²) in [4.78, 5) is 30.2. The largest absolute Gasteiger partial charge is 0.323 e. The highest BCUT2D eigenvalue weighted by molar-refractivity contribution is 7.14. The van der Waals surface area contributed by atoms with Crippen molar-refractivity contribution in [1.29, 1.82) is 0 Å². The van der Waals surface area contributed by atoms with Gasteiger partial charge in [0.25, 0.3) is 0 Å². The molecule has 2 N–H and O–H groups in total. The average Bonchev–Trinajstić information content (AvgIpc) is 3.04. The molecule has 26 heavy (non-hydrogen) atoms. The van der Waals surface area contributed by atoms with E-state index in [2.05, 4.69) is 21.5 Å². The van der Waals surface area contributed by atoms with Gasteiger partial charge in [-0.25, -0.2) is 9.78 Å². The minimum atomic E-state index is -0.644. The van der Waals surface area contributed by atoms with Crippen LogP contribution in [0.1, 0.15) is 25.8 Å². The van der Waals surface area contributed by atoms with Gasteiger partial charge >= 0.3 is 6.03 Å². The summed E-state index contributed by atoms with van der Waals surface area (Å²) in [7, 11) is 1.75. The van der Waals surface area contributed by atoms with E-state index in [4.69, 9.17) is 6.42 Å². The standard InChI is InChI=1S/C19H20N4O2S/c1-5-8-19(2,3)16(24)22-17-20-15(11-26-17)12-6-7-14-13(9-12)10-23(4)18(25)21-14/h1,6-7,9,11H,8,10H2,2-4H3,(H,21,25)(H,20,22,24). The average molecular weight is 368 g/mol. The van der Waals surface area contributed by atoms with Crippen molar-refractivity contribution in [2.24, 2.45) is 5.41 Å². The Bertz CT molecular complexity index is 911. The summed E-state index contributed by atoms with van der Waals surface area (Å²) in [6.07, 6.45) is 5.69. The number of hydrogen-bond donors (Lipinski definition) is 2. The maximum atomic E-state index is 12.3. The van der Waals surface area contributed by atoms with Crippen LogP contribution in [0.15, 0.2) is 23.6 Å². The van der Waals surface area contributed by atoms with Crippen molar-refractivity contribution in [3.05, 3.63) is 29.1 Å². The number of carbonyl (C=O) groups is 2. The van der Waals surface area contributed by atoms with Crippen LogP contribution in [0.5, 0.6) is 0 Å². The number of hydrogen-bond acceptors (Lipinski definition) is 4. The molecule has 0 saturated carbocycles. The number of nitrogens with one attached hydrogen (secondary N) is 2. The summed E-state index contributed by atoms with van der Waals surface area (Å²) in [6.45, 7) is 4.17. The zero-order valence-corrected chi connectivity index (χ0v) is 15.7. The van der Waals surface area contributed by atoms with Gasteiger partial charge in [0.1, 0.15) is 0 Å². The molecule has 2 aromatic rings. The van der Waals surface area contributed by atoms with Gasteiger partial charge in [0.2, 0.25) is 5.91 Å². The number of aromatic nitrogens is 1. The highest BCUT2D eigenvalue weighted by Gasteiger charge is 2.27. The fourth-order valence-corrected chi connectivity index (χ4v) is 3.32. The second-order valence-electron chi connectivity index (χ2n) is 6.91. The molecule has 3 rings (SSSR count). The van der Waals surface area contributed by atoms with Crippen molar-refractivity contribution in [2.75, 3.05) is 17.7 Å². The fourth-order valence-electron chi connectivity index (χ4n) is 2.61. The number of rotatable bonds is 4. The SMILES string of the molecule is C#CCC(C)(C)C(=O)Nc1nc(-c2ccc3c(c2)CN(C)C(=O)N3)cs1. The summed E-state index contributed by atoms with van der Waals surface area (Å²) in [5.74, 6) is 2.38. The predicted molar refractivity (Wildman–Crippen MR) is 104 cm³/mol. The number of thiazole rings is 1. The minimum absolute atomic E-state index is 0.113. The van der Waals surface area contributed by atoms with Gasteiger partial charge in [-0.2, -0.15) is 0 Å². The van der Waals surface area contributed by atoms with Gasteiger partial charge < -0.3 is 15.5 Å². The van der Waals surface area contributed by atoms with E-state index in [0.29, 0.717) is 18.1 Å². The van der Waals surface area contributed by atoms with Gasteiger partial charge in [0.05, 0.1) is 11.1 Å². The molecule has 134 valence electrons. The topological polar surface area (TPSA) is 74.3 Å². The van der Waals surface area contributed by atoms with Crippen LogP contribution in [0.4, 0.5) is 15.6 Å². The Kier molecular flexibility index (Phi) is 4.70. The highest BCUT2D eigenvalue weighted by Crippen LogP contribution is 2.31. The molecule has 6 nitrogen and oxygen atoms in total. The first kappa shape index (κ1) is 18.0. The van der Waals surface area contributed by atoms with Gasteiger partial charge in [-0.3, -0.25) is 4.79 Å². The molecule has 0 radical (unpaired) electrons. The van der Waals surface area contributed by atoms with E-state index >= 15 is 0 Å². The number of terminal acetylenes is 1. The van der Waals surface area contributed by atoms with Crippen LogP contribution in [0, 0.1) is 17.8 Å². The zero-order chi connectivity index (χ0) is 18.9. The summed E-state index contributed by atoms with van der Waals surface area (Å²) in [6, 6.07) is 5.68. The Morgan fingerprint density at radius 1 is 1.50 bits per heavy atom. The maximum absolute atomic E-state index is 12.3. The summed E-state index contributed by atoms with van der Waals surface area (Å²) < 4.78 is 0. The molecule has 0 spiro atoms. The fraction of sp³-hybridized carbons (Fsp3) is 0.316. The Hall–Kier alpha value is -2.85. The molecule has 3 amide bonds. The Labute approximate surface area is 156 Å². The molecule has 0 saturated heterocycles. The first-order valence-electron chi connectivity index (χ1n) is 8.16. The third-order valence-corrected chi connectivity index (χ3v) is 5.04. The smallest absolute Gasteiger partial charge is 0.321 e. The molecule has 1 aromatic carbocycles. The Morgan fingerprint density at radius 3 is 3.00 bits per heavy atom. The lowest BCUT2D eigenvalue weighted by atomic mass is 9.89. The second-order valence-corrected chi connectivity index (χ2v) is 7.77. The van der Waals surface area contributed by atoms with E-state index in [1.54, 1.807) is 11.9 Å². The van der Waals surface area contributed by atoms with E-state index < -0.39 is 5.41 Å². The van der Waals surface area contributed by atoms with Crippen LogP contribution < -0.4 is 10.6 Å². The Balaban J connectivity index is 1.79. The molecular weight excluding hydrogens is 348 g/mol. The molecule has 1 aliphatic rings. The summed E-state index contributed by atoms with van der Waals surface area (Å²) in [5, 5.41) is 8.12. The van der Waals surface area contributed by atoms with Crippen LogP contribution in [0.3, 0.4) is 0 Å². The van der Waals surface area contributed by atoms with Gasteiger partial charge in [-0.05, 0) is 17.7 Å². The second kappa shape index (κ2) is 6.81. The lowest BCUT2D eigenvalue weighted by Crippen LogP contribution is -2.35. The molecule has 0 bridgehead atoms. The molecular formula is C19H20N4O2S. The molecule has 0 fully saturated rings. The molecule has 0 aliphatic carbocycles. The zero-order valence-electron chi connectivity index (χ0n) is 14.9. The number of benzene rings is 1. The van der Waals surface area contributed by atoms with Crippen LogP contribution in [-0.4, -0.2) is 28.9 Å². The first-order chi connectivity index (χ1) is 12.3. The van der Waals surface area contributed by atoms with Crippen molar-refractivity contribution < 1.29 is 9.59 Å². The van der Waals surface area contributed by atoms with Crippen LogP contribution >= 0.6 is 11.3 Å². The van der Waals surface area contributed by atoms with Crippen molar-refractivity contribution in [3.63, 3.8) is 0 Å². The van der Waals surface area contributed by atoms with E-state index in [-0.39, 0.29) is 11.9 Å². The third-order valence-electron chi connectivity index (χ3n) is 4.28. The van der Waals surface area contributed by atoms with E-state index in [0.717, 1.165) is 22.5 Å². The van der Waals surface area contributed by atoms with E-state index in [1.165, 1.54) is 11.3 Å². The number of carbonyl (C=O) groups excluding carboxylic acids is 2. The maximum Gasteiger partial charge on any atom is 0.321 e. The normalized spacial score (nSPS) is 13.6.